The molecule has 0 aromatic heterocycles. The summed E-state index contributed by atoms with van der Waals surface area (Å²) >= 11 is 0. The van der Waals surface area contributed by atoms with E-state index in [1.54, 1.807) is 0 Å². The zero-order valence-electron chi connectivity index (χ0n) is 7.84. The van der Waals surface area contributed by atoms with Crippen molar-refractivity contribution in [1.82, 2.24) is 0 Å². The Hall–Kier alpha value is -0.714. The van der Waals surface area contributed by atoms with Crippen molar-refractivity contribution in [2.24, 2.45) is 22.9 Å². The SMILES string of the molecule is NCC(N)C(=O)[O-].NCC(N)C(=O)[O-].[Co+3]. The second-order valence-corrected chi connectivity index (χ2v) is 2.32. The number of aliphatic carboxylic acids is 2. The monoisotopic (exact) mass is 265 g/mol. The smallest absolute Gasteiger partial charge is 0.548 e. The molecule has 2 unspecified atom stereocenters. The average Bonchev–Trinajstić information content (AvgIpc) is 2.15. The van der Waals surface area contributed by atoms with E-state index in [0.29, 0.717) is 0 Å². The van der Waals surface area contributed by atoms with E-state index >= 15 is 0 Å². The number of carbonyl (C=O) groups is 2. The van der Waals surface area contributed by atoms with Crippen LogP contribution in [0.2, 0.25) is 0 Å². The number of carbonyl (C=O) groups excluding carboxylic acids is 2. The number of hydrogen-bond acceptors (Lipinski definition) is 8. The maximum atomic E-state index is 9.61. The van der Waals surface area contributed by atoms with Crippen molar-refractivity contribution in [1.29, 1.82) is 0 Å². The Morgan fingerprint density at radius 3 is 1.13 bits per heavy atom. The van der Waals surface area contributed by atoms with Crippen LogP contribution in [0, 0.1) is 0 Å². The van der Waals surface area contributed by atoms with Gasteiger partial charge in [-0.25, -0.2) is 0 Å². The van der Waals surface area contributed by atoms with Crippen molar-refractivity contribution in [2.75, 3.05) is 13.1 Å². The van der Waals surface area contributed by atoms with Crippen LogP contribution < -0.4 is 33.1 Å². The molecule has 0 aromatic rings. The predicted octanol–water partition coefficient (Wildman–Crippen LogP) is -5.96. The fourth-order valence-electron chi connectivity index (χ4n) is 0.192. The summed E-state index contributed by atoms with van der Waals surface area (Å²) in [6.45, 7) is -0.134. The van der Waals surface area contributed by atoms with Gasteiger partial charge in [-0.05, 0) is 0 Å². The molecule has 0 aliphatic heterocycles. The van der Waals surface area contributed by atoms with Gasteiger partial charge in [0.1, 0.15) is 0 Å². The van der Waals surface area contributed by atoms with Gasteiger partial charge in [0.2, 0.25) is 0 Å². The molecule has 15 heavy (non-hydrogen) atoms. The maximum Gasteiger partial charge on any atom is 3.00 e. The molecule has 8 N–H and O–H groups in total. The van der Waals surface area contributed by atoms with E-state index in [0.717, 1.165) is 0 Å². The third-order valence-corrected chi connectivity index (χ3v) is 1.11. The molecule has 0 rings (SSSR count). The second kappa shape index (κ2) is 11.4. The quantitative estimate of drug-likeness (QED) is 0.386. The molecule has 0 aromatic carbocycles. The number of nitrogens with two attached hydrogens (primary N) is 4. The summed E-state index contributed by atoms with van der Waals surface area (Å²) in [6.07, 6.45) is 0. The normalized spacial score (nSPS) is 12.5. The third-order valence-electron chi connectivity index (χ3n) is 1.11. The van der Waals surface area contributed by atoms with E-state index < -0.39 is 24.0 Å². The van der Waals surface area contributed by atoms with E-state index in [9.17, 15) is 19.8 Å². The first-order valence-electron chi connectivity index (χ1n) is 3.69. The summed E-state index contributed by atoms with van der Waals surface area (Å²) < 4.78 is 0. The van der Waals surface area contributed by atoms with Crippen molar-refractivity contribution >= 4 is 11.9 Å². The fraction of sp³-hybridized carbons (Fsp3) is 0.667. The number of hydrogen-bond donors (Lipinski definition) is 4. The van der Waals surface area contributed by atoms with Gasteiger partial charge in [0, 0.05) is 13.1 Å². The van der Waals surface area contributed by atoms with Crippen LogP contribution in [-0.4, -0.2) is 37.1 Å². The molecule has 9 heteroatoms. The molecule has 0 fully saturated rings. The number of carboxylic acids is 2. The first kappa shape index (κ1) is 19.8. The van der Waals surface area contributed by atoms with Gasteiger partial charge in [0.25, 0.3) is 0 Å². The Balaban J connectivity index is -0.000000180. The van der Waals surface area contributed by atoms with Crippen LogP contribution in [0.3, 0.4) is 0 Å². The molecule has 0 saturated carbocycles. The third kappa shape index (κ3) is 13.3. The molecular formula is C6H14CoN4O4+. The molecular weight excluding hydrogens is 251 g/mol. The van der Waals surface area contributed by atoms with Crippen LogP contribution in [0.1, 0.15) is 0 Å². The van der Waals surface area contributed by atoms with Gasteiger partial charge in [-0.3, -0.25) is 0 Å². The van der Waals surface area contributed by atoms with Crippen LogP contribution >= 0.6 is 0 Å². The van der Waals surface area contributed by atoms with Crippen LogP contribution in [0.15, 0.2) is 0 Å². The van der Waals surface area contributed by atoms with Crippen LogP contribution in [0.4, 0.5) is 0 Å². The molecule has 2 atom stereocenters. The van der Waals surface area contributed by atoms with Gasteiger partial charge in [-0.15, -0.1) is 0 Å². The largest absolute Gasteiger partial charge is 3.00 e. The molecule has 0 spiro atoms. The van der Waals surface area contributed by atoms with Crippen molar-refractivity contribution in [3.8, 4) is 0 Å². The maximum absolute atomic E-state index is 9.61. The summed E-state index contributed by atoms with van der Waals surface area (Å²) in [6, 6.07) is -2.03. The Bertz CT molecular complexity index is 172. The van der Waals surface area contributed by atoms with Gasteiger partial charge >= 0.3 is 16.8 Å². The minimum absolute atomic E-state index is 0. The van der Waals surface area contributed by atoms with Crippen molar-refractivity contribution in [3.05, 3.63) is 0 Å². The molecule has 0 amide bonds. The molecule has 0 aliphatic rings. The fourth-order valence-corrected chi connectivity index (χ4v) is 0.192. The van der Waals surface area contributed by atoms with Gasteiger partial charge in [-0.1, -0.05) is 0 Å². The topological polar surface area (TPSA) is 184 Å². The van der Waals surface area contributed by atoms with E-state index in [-0.39, 0.29) is 29.9 Å². The predicted molar refractivity (Wildman–Crippen MR) is 44.1 cm³/mol. The second-order valence-electron chi connectivity index (χ2n) is 2.32. The number of rotatable bonds is 4. The summed E-state index contributed by atoms with van der Waals surface area (Å²) in [7, 11) is 0. The molecule has 90 valence electrons. The summed E-state index contributed by atoms with van der Waals surface area (Å²) in [5.74, 6) is -2.61. The Kier molecular flexibility index (Phi) is 15.0. The van der Waals surface area contributed by atoms with Crippen molar-refractivity contribution < 1.29 is 36.6 Å². The Labute approximate surface area is 97.2 Å². The van der Waals surface area contributed by atoms with E-state index in [2.05, 4.69) is 0 Å². The van der Waals surface area contributed by atoms with Crippen LogP contribution in [-0.2, 0) is 26.4 Å². The standard InChI is InChI=1S/2C3H8N2O2.Co/c2*4-1-2(5)3(6)7;/h2*2H,1,4-5H2,(H,6,7);/q;;+3/p-2. The first-order chi connectivity index (χ1) is 6.36. The molecule has 0 heterocycles. The molecule has 0 aliphatic carbocycles. The zero-order chi connectivity index (χ0) is 11.7. The van der Waals surface area contributed by atoms with Gasteiger partial charge in [0.15, 0.2) is 0 Å². The Morgan fingerprint density at radius 2 is 1.13 bits per heavy atom. The summed E-state index contributed by atoms with van der Waals surface area (Å²) in [5.41, 5.74) is 19.3. The van der Waals surface area contributed by atoms with E-state index in [1.165, 1.54) is 0 Å². The summed E-state index contributed by atoms with van der Waals surface area (Å²) in [4.78, 5) is 19.2. The first-order valence-corrected chi connectivity index (χ1v) is 3.69. The van der Waals surface area contributed by atoms with E-state index in [1.807, 2.05) is 0 Å². The van der Waals surface area contributed by atoms with Gasteiger partial charge in [0.05, 0.1) is 24.0 Å². The average molecular weight is 265 g/mol. The van der Waals surface area contributed by atoms with Gasteiger partial charge < -0.3 is 42.7 Å². The van der Waals surface area contributed by atoms with Crippen LogP contribution in [0.25, 0.3) is 0 Å². The molecule has 0 saturated heterocycles. The van der Waals surface area contributed by atoms with Crippen molar-refractivity contribution in [2.45, 2.75) is 12.1 Å². The molecule has 0 radical (unpaired) electrons. The van der Waals surface area contributed by atoms with E-state index in [4.69, 9.17) is 22.9 Å². The van der Waals surface area contributed by atoms with Gasteiger partial charge in [-0.2, -0.15) is 0 Å². The minimum atomic E-state index is -1.30. The minimum Gasteiger partial charge on any atom is -0.548 e. The Morgan fingerprint density at radius 1 is 0.933 bits per heavy atom. The van der Waals surface area contributed by atoms with Crippen molar-refractivity contribution in [3.63, 3.8) is 0 Å². The zero-order valence-corrected chi connectivity index (χ0v) is 8.89. The molecule has 8 nitrogen and oxygen atoms in total. The molecule has 0 bridgehead atoms. The summed E-state index contributed by atoms with van der Waals surface area (Å²) in [5, 5.41) is 19.2. The van der Waals surface area contributed by atoms with Crippen LogP contribution in [0.5, 0.6) is 0 Å². The number of carboxylic acid groups (broad SMARTS) is 2.